The van der Waals surface area contributed by atoms with Crippen molar-refractivity contribution in [2.24, 2.45) is 11.8 Å². The van der Waals surface area contributed by atoms with Crippen molar-refractivity contribution in [3.63, 3.8) is 0 Å². The summed E-state index contributed by atoms with van der Waals surface area (Å²) in [5.41, 5.74) is 9.51. The normalized spacial score (nSPS) is 14.0. The predicted molar refractivity (Wildman–Crippen MR) is 173 cm³/mol. The summed E-state index contributed by atoms with van der Waals surface area (Å²) in [6.45, 7) is 10.1. The number of nitrogens with zero attached hydrogens (tertiary/aromatic N) is 2. The predicted octanol–water partition coefficient (Wildman–Crippen LogP) is 8.92. The van der Waals surface area contributed by atoms with Gasteiger partial charge in [0.15, 0.2) is 0 Å². The number of benzene rings is 1. The first-order valence-corrected chi connectivity index (χ1v) is 14.9. The van der Waals surface area contributed by atoms with Gasteiger partial charge in [0.05, 0.1) is 36.0 Å². The van der Waals surface area contributed by atoms with Crippen LogP contribution >= 0.6 is 0 Å². The van der Waals surface area contributed by atoms with E-state index in [0.29, 0.717) is 25.0 Å². The monoisotopic (exact) mass is 558 g/mol. The highest BCUT2D eigenvalue weighted by Crippen LogP contribution is 2.34. The number of nitrogens with one attached hydrogen (secondary N) is 2. The molecule has 1 aromatic carbocycles. The maximum absolute atomic E-state index is 6.27. The van der Waals surface area contributed by atoms with Crippen LogP contribution in [0.5, 0.6) is 11.5 Å². The highest BCUT2D eigenvalue weighted by Gasteiger charge is 2.17. The molecule has 0 radical (unpaired) electrons. The molecule has 42 heavy (non-hydrogen) atoms. The molecule has 3 aromatic heterocycles. The number of aromatic amines is 2. The lowest BCUT2D eigenvalue weighted by atomic mass is 10.0. The van der Waals surface area contributed by atoms with Crippen molar-refractivity contribution >= 4 is 45.9 Å². The van der Waals surface area contributed by atoms with Crippen molar-refractivity contribution in [2.45, 2.75) is 40.5 Å². The molecule has 0 saturated carbocycles. The van der Waals surface area contributed by atoms with Crippen LogP contribution in [0.15, 0.2) is 66.7 Å². The quantitative estimate of drug-likeness (QED) is 0.186. The highest BCUT2D eigenvalue weighted by atomic mass is 16.5. The first kappa shape index (κ1) is 27.6. The van der Waals surface area contributed by atoms with E-state index in [-0.39, 0.29) is 0 Å². The zero-order chi connectivity index (χ0) is 29.1. The van der Waals surface area contributed by atoms with Gasteiger partial charge in [-0.25, -0.2) is 9.97 Å². The van der Waals surface area contributed by atoms with E-state index in [2.05, 4.69) is 104 Å². The smallest absolute Gasteiger partial charge is 0.123 e. The van der Waals surface area contributed by atoms with Crippen LogP contribution in [0.1, 0.15) is 68.9 Å². The summed E-state index contributed by atoms with van der Waals surface area (Å²) >= 11 is 0. The minimum Gasteiger partial charge on any atom is -0.493 e. The van der Waals surface area contributed by atoms with Crippen LogP contribution in [0.25, 0.3) is 45.9 Å². The third-order valence-corrected chi connectivity index (χ3v) is 7.82. The Kier molecular flexibility index (Phi) is 7.95. The molecule has 6 nitrogen and oxygen atoms in total. The van der Waals surface area contributed by atoms with Crippen molar-refractivity contribution in [2.75, 3.05) is 13.2 Å². The molecule has 0 aliphatic carbocycles. The molecule has 2 unspecified atom stereocenters. The van der Waals surface area contributed by atoms with Gasteiger partial charge in [0.2, 0.25) is 0 Å². The van der Waals surface area contributed by atoms with Crippen molar-refractivity contribution in [1.29, 1.82) is 0 Å². The second-order valence-corrected chi connectivity index (χ2v) is 11.4. The molecule has 2 N–H and O–H groups in total. The number of H-pyrrole nitrogens is 2. The minimum absolute atomic E-state index is 0.467. The summed E-state index contributed by atoms with van der Waals surface area (Å²) in [5, 5.41) is 0. The second kappa shape index (κ2) is 12.1. The first-order chi connectivity index (χ1) is 20.4. The van der Waals surface area contributed by atoms with E-state index in [0.717, 1.165) is 80.3 Å². The SMILES string of the molecule is CCC(C)COc1cc(OCC(C)CC)cc(C2=Cc3cc4ccc(cc5ccc(cc6nc(cc2n3)C=C6)[nH]5)[nH]4)c1. The van der Waals surface area contributed by atoms with Crippen LogP contribution in [0.2, 0.25) is 0 Å². The Morgan fingerprint density at radius 1 is 0.619 bits per heavy atom. The number of ether oxygens (including phenoxy) is 2. The van der Waals surface area contributed by atoms with Crippen molar-refractivity contribution in [3.8, 4) is 11.5 Å². The average molecular weight is 559 g/mol. The average Bonchev–Trinajstić information content (AvgIpc) is 3.80. The van der Waals surface area contributed by atoms with Crippen molar-refractivity contribution in [3.05, 3.63) is 95.1 Å². The number of hydrogen-bond donors (Lipinski definition) is 2. The second-order valence-electron chi connectivity index (χ2n) is 11.4. The van der Waals surface area contributed by atoms with E-state index in [1.165, 1.54) is 0 Å². The fraction of sp³-hybridized carbons (Fsp3) is 0.278. The van der Waals surface area contributed by atoms with Gasteiger partial charge < -0.3 is 19.4 Å². The zero-order valence-electron chi connectivity index (χ0n) is 24.8. The van der Waals surface area contributed by atoms with Gasteiger partial charge in [-0.3, -0.25) is 0 Å². The van der Waals surface area contributed by atoms with Gasteiger partial charge in [-0.05, 0) is 96.3 Å². The topological polar surface area (TPSA) is 75.8 Å². The summed E-state index contributed by atoms with van der Waals surface area (Å²) in [5.74, 6) is 2.55. The summed E-state index contributed by atoms with van der Waals surface area (Å²) < 4.78 is 12.5. The Balaban J connectivity index is 1.48. The lowest BCUT2D eigenvalue weighted by molar-refractivity contribution is 0.244. The van der Waals surface area contributed by atoms with E-state index in [4.69, 9.17) is 19.4 Å². The van der Waals surface area contributed by atoms with Crippen LogP contribution in [0.4, 0.5) is 0 Å². The van der Waals surface area contributed by atoms with E-state index in [1.54, 1.807) is 0 Å². The van der Waals surface area contributed by atoms with E-state index < -0.39 is 0 Å². The fourth-order valence-electron chi connectivity index (χ4n) is 4.85. The van der Waals surface area contributed by atoms with Crippen LogP contribution < -0.4 is 9.47 Å². The number of hydrogen-bond acceptors (Lipinski definition) is 4. The lowest BCUT2D eigenvalue weighted by Crippen LogP contribution is -2.09. The molecule has 2 aliphatic heterocycles. The Hall–Kier alpha value is -4.58. The molecule has 0 amide bonds. The Labute approximate surface area is 247 Å². The van der Waals surface area contributed by atoms with E-state index in [9.17, 15) is 0 Å². The van der Waals surface area contributed by atoms with E-state index >= 15 is 0 Å². The number of fused-ring (bicyclic) bond motifs is 8. The zero-order valence-corrected chi connectivity index (χ0v) is 24.8. The van der Waals surface area contributed by atoms with Gasteiger partial charge in [-0.15, -0.1) is 0 Å². The molecule has 214 valence electrons. The van der Waals surface area contributed by atoms with Crippen molar-refractivity contribution < 1.29 is 9.47 Å². The molecule has 0 fully saturated rings. The van der Waals surface area contributed by atoms with Crippen LogP contribution in [0, 0.1) is 11.8 Å². The van der Waals surface area contributed by atoms with Gasteiger partial charge in [0.1, 0.15) is 11.5 Å². The minimum atomic E-state index is 0.467. The molecule has 5 heterocycles. The van der Waals surface area contributed by atoms with E-state index in [1.807, 2.05) is 18.2 Å². The maximum atomic E-state index is 6.27. The van der Waals surface area contributed by atoms with Crippen LogP contribution in [0.3, 0.4) is 0 Å². The Bertz CT molecular complexity index is 1780. The molecule has 0 saturated heterocycles. The number of rotatable bonds is 9. The first-order valence-electron chi connectivity index (χ1n) is 14.9. The van der Waals surface area contributed by atoms with Gasteiger partial charge in [-0.2, -0.15) is 0 Å². The molecule has 6 rings (SSSR count). The summed E-state index contributed by atoms with van der Waals surface area (Å²) in [7, 11) is 0. The molecule has 8 bridgehead atoms. The standard InChI is InChI=1S/C36H38N4O2/c1-5-23(3)21-41-33-13-25(14-34(20-33)42-22-24(4)6-2)35-18-32-17-30-10-9-28(38-30)15-26-7-8-27(37-26)16-29-11-12-31(39-29)19-36(35)40-32/h7-20,23-24,37-38H,5-6,21-22H2,1-4H3. The summed E-state index contributed by atoms with van der Waals surface area (Å²) in [6.07, 6.45) is 8.33. The molecule has 4 aromatic rings. The Morgan fingerprint density at radius 3 is 1.71 bits per heavy atom. The molecular weight excluding hydrogens is 520 g/mol. The molecular formula is C36H38N4O2. The fourth-order valence-corrected chi connectivity index (χ4v) is 4.85. The largest absolute Gasteiger partial charge is 0.493 e. The third kappa shape index (κ3) is 6.49. The van der Waals surface area contributed by atoms with Crippen LogP contribution in [-0.2, 0) is 0 Å². The molecule has 6 heteroatoms. The highest BCUT2D eigenvalue weighted by molar-refractivity contribution is 5.94. The van der Waals surface area contributed by atoms with Gasteiger partial charge >= 0.3 is 0 Å². The molecule has 0 spiro atoms. The maximum Gasteiger partial charge on any atom is 0.123 e. The summed E-state index contributed by atoms with van der Waals surface area (Å²) in [4.78, 5) is 16.8. The van der Waals surface area contributed by atoms with Gasteiger partial charge in [0, 0.05) is 33.7 Å². The van der Waals surface area contributed by atoms with Gasteiger partial charge in [0.25, 0.3) is 0 Å². The van der Waals surface area contributed by atoms with Crippen LogP contribution in [-0.4, -0.2) is 33.1 Å². The summed E-state index contributed by atoms with van der Waals surface area (Å²) in [6, 6.07) is 22.8. The molecule has 2 aliphatic rings. The number of aromatic nitrogens is 4. The van der Waals surface area contributed by atoms with Crippen molar-refractivity contribution in [1.82, 2.24) is 19.9 Å². The van der Waals surface area contributed by atoms with Gasteiger partial charge in [-0.1, -0.05) is 40.5 Å². The Morgan fingerprint density at radius 2 is 1.14 bits per heavy atom. The third-order valence-electron chi connectivity index (χ3n) is 7.82. The lowest BCUT2D eigenvalue weighted by Gasteiger charge is -2.16. The molecule has 2 atom stereocenters.